The number of aromatic nitrogens is 2. The van der Waals surface area contributed by atoms with E-state index in [4.69, 9.17) is 14.2 Å². The van der Waals surface area contributed by atoms with Crippen LogP contribution in [0.2, 0.25) is 0 Å². The van der Waals surface area contributed by atoms with Gasteiger partial charge in [0.15, 0.2) is 11.5 Å². The number of nitrogens with zero attached hydrogens (tertiary/aromatic N) is 2. The van der Waals surface area contributed by atoms with Gasteiger partial charge in [0.2, 0.25) is 5.75 Å². The minimum Gasteiger partial charge on any atom is -0.493 e. The smallest absolute Gasteiger partial charge is 0.204 e. The number of hydrogen-bond donors (Lipinski definition) is 0. The van der Waals surface area contributed by atoms with Crippen molar-refractivity contribution in [3.8, 4) is 28.5 Å². The van der Waals surface area contributed by atoms with E-state index in [-0.39, 0.29) is 0 Å². The van der Waals surface area contributed by atoms with Crippen molar-refractivity contribution < 1.29 is 14.2 Å². The fraction of sp³-hybridized carbons (Fsp3) is 0.444. The van der Waals surface area contributed by atoms with E-state index in [0.717, 1.165) is 48.2 Å². The number of benzene rings is 1. The summed E-state index contributed by atoms with van der Waals surface area (Å²) in [6, 6.07) is 4.19. The summed E-state index contributed by atoms with van der Waals surface area (Å²) in [5, 5.41) is 8.85. The maximum absolute atomic E-state index is 5.67. The molecule has 0 unspecified atom stereocenters. The Bertz CT molecular complexity index is 729. The number of fused-ring (bicyclic) bond motifs is 3. The highest BCUT2D eigenvalue weighted by Gasteiger charge is 2.26. The lowest BCUT2D eigenvalue weighted by molar-refractivity contribution is 0.324. The summed E-state index contributed by atoms with van der Waals surface area (Å²) in [6.07, 6.45) is 3.88. The predicted octanol–water partition coefficient (Wildman–Crippen LogP) is 3.22. The Morgan fingerprint density at radius 2 is 1.65 bits per heavy atom. The highest BCUT2D eigenvalue weighted by molar-refractivity contribution is 5.79. The Kier molecular flexibility index (Phi) is 4.37. The molecule has 0 saturated carbocycles. The second kappa shape index (κ2) is 6.44. The van der Waals surface area contributed by atoms with Crippen molar-refractivity contribution in [3.05, 3.63) is 29.0 Å². The molecule has 1 aliphatic rings. The van der Waals surface area contributed by atoms with Crippen LogP contribution in [0, 0.1) is 0 Å². The van der Waals surface area contributed by atoms with Crippen LogP contribution >= 0.6 is 0 Å². The maximum Gasteiger partial charge on any atom is 0.204 e. The van der Waals surface area contributed by atoms with Crippen LogP contribution in [-0.4, -0.2) is 31.5 Å². The third kappa shape index (κ3) is 2.60. The summed E-state index contributed by atoms with van der Waals surface area (Å²) < 4.78 is 16.7. The lowest BCUT2D eigenvalue weighted by atomic mass is 9.99. The normalized spacial score (nSPS) is 12.9. The van der Waals surface area contributed by atoms with Crippen LogP contribution in [0.5, 0.6) is 17.2 Å². The average Bonchev–Trinajstić information content (AvgIpc) is 2.78. The zero-order valence-corrected chi connectivity index (χ0v) is 14.1. The van der Waals surface area contributed by atoms with Gasteiger partial charge in [0.1, 0.15) is 5.69 Å². The van der Waals surface area contributed by atoms with Gasteiger partial charge in [-0.25, -0.2) is 0 Å². The third-order valence-electron chi connectivity index (χ3n) is 4.33. The first kappa shape index (κ1) is 15.6. The third-order valence-corrected chi connectivity index (χ3v) is 4.33. The van der Waals surface area contributed by atoms with Gasteiger partial charge in [-0.1, -0.05) is 6.92 Å². The van der Waals surface area contributed by atoms with Crippen molar-refractivity contribution >= 4 is 0 Å². The summed E-state index contributed by atoms with van der Waals surface area (Å²) >= 11 is 0. The molecule has 3 rings (SSSR count). The number of methoxy groups -OCH3 is 3. The number of rotatable bonds is 4. The molecule has 0 N–H and O–H groups in total. The van der Waals surface area contributed by atoms with Crippen LogP contribution in [0.25, 0.3) is 11.3 Å². The summed E-state index contributed by atoms with van der Waals surface area (Å²) in [4.78, 5) is 0. The standard InChI is InChI=1S/C18H22N2O3/c1-5-13-9-12-8-6-7-11-10-14(21-2)17(22-3)18(23-4)15(11)16(12)20-19-13/h9-10H,5-8H2,1-4H3. The summed E-state index contributed by atoms with van der Waals surface area (Å²) in [6.45, 7) is 2.09. The number of hydrogen-bond acceptors (Lipinski definition) is 5. The SMILES string of the molecule is CCc1cc2c(nn1)-c1c(cc(OC)c(OC)c1OC)CCC2. The van der Waals surface area contributed by atoms with Crippen molar-refractivity contribution in [2.24, 2.45) is 0 Å². The Labute approximate surface area is 136 Å². The zero-order valence-electron chi connectivity index (χ0n) is 14.1. The van der Waals surface area contributed by atoms with Crippen LogP contribution < -0.4 is 14.2 Å². The number of ether oxygens (including phenoxy) is 3. The van der Waals surface area contributed by atoms with E-state index in [0.29, 0.717) is 17.2 Å². The van der Waals surface area contributed by atoms with E-state index in [9.17, 15) is 0 Å². The van der Waals surface area contributed by atoms with Crippen LogP contribution in [0.4, 0.5) is 0 Å². The fourth-order valence-electron chi connectivity index (χ4n) is 3.18. The Morgan fingerprint density at radius 1 is 0.913 bits per heavy atom. The second-order valence-corrected chi connectivity index (χ2v) is 5.60. The van der Waals surface area contributed by atoms with Gasteiger partial charge >= 0.3 is 0 Å². The Balaban J connectivity index is 2.30. The molecule has 2 aromatic rings. The van der Waals surface area contributed by atoms with Gasteiger partial charge in [0.05, 0.1) is 32.6 Å². The molecule has 0 bridgehead atoms. The molecule has 0 aliphatic heterocycles. The van der Waals surface area contributed by atoms with Crippen molar-refractivity contribution in [2.75, 3.05) is 21.3 Å². The van der Waals surface area contributed by atoms with Gasteiger partial charge in [-0.2, -0.15) is 5.10 Å². The van der Waals surface area contributed by atoms with Crippen molar-refractivity contribution in [2.45, 2.75) is 32.6 Å². The molecule has 0 radical (unpaired) electrons. The molecule has 0 spiro atoms. The fourth-order valence-corrected chi connectivity index (χ4v) is 3.18. The molecule has 122 valence electrons. The number of aryl methyl sites for hydroxylation is 3. The lowest BCUT2D eigenvalue weighted by Crippen LogP contribution is -2.03. The van der Waals surface area contributed by atoms with E-state index < -0.39 is 0 Å². The van der Waals surface area contributed by atoms with Crippen molar-refractivity contribution in [3.63, 3.8) is 0 Å². The zero-order chi connectivity index (χ0) is 16.4. The Morgan fingerprint density at radius 3 is 2.30 bits per heavy atom. The van der Waals surface area contributed by atoms with Gasteiger partial charge < -0.3 is 14.2 Å². The molecule has 0 saturated heterocycles. The highest BCUT2D eigenvalue weighted by Crippen LogP contribution is 2.48. The lowest BCUT2D eigenvalue weighted by Gasteiger charge is -2.18. The molecule has 1 aliphatic carbocycles. The molecule has 0 fully saturated rings. The minimum atomic E-state index is 0.600. The summed E-state index contributed by atoms with van der Waals surface area (Å²) in [5.74, 6) is 1.95. The monoisotopic (exact) mass is 314 g/mol. The van der Waals surface area contributed by atoms with Crippen molar-refractivity contribution in [1.82, 2.24) is 10.2 Å². The summed E-state index contributed by atoms with van der Waals surface area (Å²) in [7, 11) is 4.91. The summed E-state index contributed by atoms with van der Waals surface area (Å²) in [5.41, 5.74) is 5.28. The van der Waals surface area contributed by atoms with Crippen LogP contribution in [0.15, 0.2) is 12.1 Å². The first-order valence-corrected chi connectivity index (χ1v) is 7.91. The molecule has 0 atom stereocenters. The molecular formula is C18H22N2O3. The molecule has 5 heteroatoms. The minimum absolute atomic E-state index is 0.600. The van der Waals surface area contributed by atoms with Gasteiger partial charge in [-0.3, -0.25) is 0 Å². The Hall–Kier alpha value is -2.30. The predicted molar refractivity (Wildman–Crippen MR) is 88.5 cm³/mol. The molecular weight excluding hydrogens is 292 g/mol. The first-order valence-electron chi connectivity index (χ1n) is 7.91. The van der Waals surface area contributed by atoms with E-state index >= 15 is 0 Å². The average molecular weight is 314 g/mol. The van der Waals surface area contributed by atoms with E-state index in [1.165, 1.54) is 5.56 Å². The van der Waals surface area contributed by atoms with Gasteiger partial charge in [0, 0.05) is 0 Å². The molecule has 1 aromatic heterocycles. The molecule has 1 aromatic carbocycles. The first-order chi connectivity index (χ1) is 11.2. The van der Waals surface area contributed by atoms with Gasteiger partial charge in [-0.05, 0) is 48.9 Å². The molecule has 23 heavy (non-hydrogen) atoms. The quantitative estimate of drug-likeness (QED) is 0.867. The van der Waals surface area contributed by atoms with Gasteiger partial charge in [0.25, 0.3) is 0 Å². The van der Waals surface area contributed by atoms with Crippen LogP contribution in [0.3, 0.4) is 0 Å². The molecule has 1 heterocycles. The molecule has 0 amide bonds. The maximum atomic E-state index is 5.67. The highest BCUT2D eigenvalue weighted by atomic mass is 16.5. The topological polar surface area (TPSA) is 53.5 Å². The van der Waals surface area contributed by atoms with E-state index in [2.05, 4.69) is 23.2 Å². The second-order valence-electron chi connectivity index (χ2n) is 5.60. The van der Waals surface area contributed by atoms with Crippen molar-refractivity contribution in [1.29, 1.82) is 0 Å². The molecule has 5 nitrogen and oxygen atoms in total. The van der Waals surface area contributed by atoms with E-state index in [1.54, 1.807) is 21.3 Å². The van der Waals surface area contributed by atoms with Crippen LogP contribution in [0.1, 0.15) is 30.2 Å². The van der Waals surface area contributed by atoms with Crippen LogP contribution in [-0.2, 0) is 19.3 Å². The van der Waals surface area contributed by atoms with Gasteiger partial charge in [-0.15, -0.1) is 5.10 Å². The largest absolute Gasteiger partial charge is 0.493 e. The van der Waals surface area contributed by atoms with E-state index in [1.807, 2.05) is 6.07 Å².